The molecular weight excluding hydrogens is 342 g/mol. The number of morpholine rings is 1. The molecule has 1 fully saturated rings. The Labute approximate surface area is 157 Å². The number of nitrogens with zero attached hydrogens (tertiary/aromatic N) is 4. The van der Waals surface area contributed by atoms with Crippen molar-refractivity contribution in [3.8, 4) is 17.0 Å². The van der Waals surface area contributed by atoms with E-state index in [4.69, 9.17) is 14.7 Å². The maximum atomic E-state index is 9.82. The van der Waals surface area contributed by atoms with E-state index in [0.717, 1.165) is 35.7 Å². The molecule has 2 aromatic heterocycles. The highest BCUT2D eigenvalue weighted by molar-refractivity contribution is 5.66. The number of pyridine rings is 1. The Bertz CT molecular complexity index is 898. The zero-order chi connectivity index (χ0) is 18.5. The van der Waals surface area contributed by atoms with Crippen LogP contribution in [0.15, 0.2) is 54.9 Å². The van der Waals surface area contributed by atoms with Crippen molar-refractivity contribution >= 4 is 11.8 Å². The molecule has 3 heterocycles. The first kappa shape index (κ1) is 17.2. The molecule has 0 bridgehead atoms. The number of hydrogen-bond acceptors (Lipinski definition) is 7. The van der Waals surface area contributed by atoms with Gasteiger partial charge in [-0.3, -0.25) is 4.98 Å². The van der Waals surface area contributed by atoms with E-state index in [0.29, 0.717) is 25.7 Å². The first-order chi connectivity index (χ1) is 13.3. The summed E-state index contributed by atoms with van der Waals surface area (Å²) in [7, 11) is 0. The van der Waals surface area contributed by atoms with Crippen LogP contribution in [0.4, 0.5) is 11.8 Å². The molecule has 0 aliphatic carbocycles. The molecule has 7 heteroatoms. The predicted molar refractivity (Wildman–Crippen MR) is 104 cm³/mol. The van der Waals surface area contributed by atoms with Gasteiger partial charge in [-0.2, -0.15) is 4.98 Å². The number of rotatable bonds is 5. The molecule has 3 aromatic rings. The van der Waals surface area contributed by atoms with Crippen molar-refractivity contribution in [1.82, 2.24) is 15.0 Å². The number of aromatic nitrogens is 3. The van der Waals surface area contributed by atoms with Gasteiger partial charge >= 0.3 is 0 Å². The van der Waals surface area contributed by atoms with Crippen molar-refractivity contribution in [3.63, 3.8) is 0 Å². The zero-order valence-corrected chi connectivity index (χ0v) is 14.9. The van der Waals surface area contributed by atoms with Gasteiger partial charge in [-0.25, -0.2) is 4.98 Å². The summed E-state index contributed by atoms with van der Waals surface area (Å²) < 4.78 is 5.44. The Kier molecular flexibility index (Phi) is 5.11. The van der Waals surface area contributed by atoms with E-state index in [1.807, 2.05) is 30.3 Å². The molecule has 1 saturated heterocycles. The van der Waals surface area contributed by atoms with Crippen LogP contribution in [0.25, 0.3) is 11.3 Å². The van der Waals surface area contributed by atoms with Gasteiger partial charge < -0.3 is 20.1 Å². The quantitative estimate of drug-likeness (QED) is 0.721. The Balaban J connectivity index is 1.65. The van der Waals surface area contributed by atoms with Gasteiger partial charge in [0, 0.05) is 43.7 Å². The van der Waals surface area contributed by atoms with Gasteiger partial charge in [0.25, 0.3) is 0 Å². The fourth-order valence-corrected chi connectivity index (χ4v) is 2.94. The third kappa shape index (κ3) is 4.32. The van der Waals surface area contributed by atoms with Crippen LogP contribution >= 0.6 is 0 Å². The molecule has 27 heavy (non-hydrogen) atoms. The summed E-state index contributed by atoms with van der Waals surface area (Å²) in [6.07, 6.45) is 3.54. The minimum Gasteiger partial charge on any atom is -0.508 e. The van der Waals surface area contributed by atoms with Crippen LogP contribution in [-0.4, -0.2) is 46.4 Å². The van der Waals surface area contributed by atoms with Crippen molar-refractivity contribution in [2.24, 2.45) is 0 Å². The maximum absolute atomic E-state index is 9.82. The average Bonchev–Trinajstić information content (AvgIpc) is 2.73. The molecule has 0 saturated carbocycles. The molecule has 0 unspecified atom stereocenters. The summed E-state index contributed by atoms with van der Waals surface area (Å²) in [4.78, 5) is 15.6. The van der Waals surface area contributed by atoms with Crippen LogP contribution in [-0.2, 0) is 11.3 Å². The normalized spacial score (nSPS) is 14.1. The summed E-state index contributed by atoms with van der Waals surface area (Å²) in [5, 5.41) is 13.2. The van der Waals surface area contributed by atoms with Crippen LogP contribution in [0.3, 0.4) is 0 Å². The van der Waals surface area contributed by atoms with Crippen molar-refractivity contribution in [1.29, 1.82) is 0 Å². The van der Waals surface area contributed by atoms with Gasteiger partial charge in [0.1, 0.15) is 11.6 Å². The van der Waals surface area contributed by atoms with E-state index < -0.39 is 0 Å². The van der Waals surface area contributed by atoms with Crippen LogP contribution in [0, 0.1) is 0 Å². The summed E-state index contributed by atoms with van der Waals surface area (Å²) in [5.74, 6) is 1.61. The van der Waals surface area contributed by atoms with Gasteiger partial charge in [-0.05, 0) is 29.8 Å². The highest BCUT2D eigenvalue weighted by Crippen LogP contribution is 2.26. The molecule has 0 atom stereocenters. The average molecular weight is 363 g/mol. The Hall–Kier alpha value is -3.19. The number of hydrogen-bond donors (Lipinski definition) is 2. The van der Waals surface area contributed by atoms with Gasteiger partial charge in [-0.1, -0.05) is 12.1 Å². The summed E-state index contributed by atoms with van der Waals surface area (Å²) >= 11 is 0. The second kappa shape index (κ2) is 8.01. The van der Waals surface area contributed by atoms with Crippen molar-refractivity contribution in [3.05, 3.63) is 60.4 Å². The molecule has 0 amide bonds. The standard InChI is InChI=1S/C20H21N5O2/c26-17-3-1-2-16(12-17)18-13-19(22-14-15-4-6-21-7-5-15)24-20(23-18)25-8-10-27-11-9-25/h1-7,12-13,26H,8-11,14H2,(H,22,23,24). The molecule has 1 aromatic carbocycles. The molecule has 1 aliphatic rings. The van der Waals surface area contributed by atoms with E-state index in [2.05, 4.69) is 15.2 Å². The van der Waals surface area contributed by atoms with Crippen LogP contribution in [0.2, 0.25) is 0 Å². The fraction of sp³-hybridized carbons (Fsp3) is 0.250. The van der Waals surface area contributed by atoms with Gasteiger partial charge in [0.2, 0.25) is 5.95 Å². The third-order valence-corrected chi connectivity index (χ3v) is 4.37. The fourth-order valence-electron chi connectivity index (χ4n) is 2.94. The van der Waals surface area contributed by atoms with E-state index in [1.54, 1.807) is 24.5 Å². The molecule has 0 spiro atoms. The number of anilines is 2. The van der Waals surface area contributed by atoms with Crippen LogP contribution in [0.1, 0.15) is 5.56 Å². The summed E-state index contributed by atoms with van der Waals surface area (Å²) in [6, 6.07) is 12.9. The van der Waals surface area contributed by atoms with Crippen LogP contribution in [0.5, 0.6) is 5.75 Å². The van der Waals surface area contributed by atoms with E-state index in [-0.39, 0.29) is 5.75 Å². The number of nitrogens with one attached hydrogen (secondary N) is 1. The van der Waals surface area contributed by atoms with Gasteiger partial charge in [0.05, 0.1) is 18.9 Å². The molecule has 7 nitrogen and oxygen atoms in total. The third-order valence-electron chi connectivity index (χ3n) is 4.37. The van der Waals surface area contributed by atoms with Crippen molar-refractivity contribution in [2.75, 3.05) is 36.5 Å². The minimum atomic E-state index is 0.213. The van der Waals surface area contributed by atoms with Gasteiger partial charge in [0.15, 0.2) is 0 Å². The minimum absolute atomic E-state index is 0.213. The lowest BCUT2D eigenvalue weighted by atomic mass is 10.1. The Morgan fingerprint density at radius 1 is 1.04 bits per heavy atom. The Morgan fingerprint density at radius 3 is 2.63 bits per heavy atom. The van der Waals surface area contributed by atoms with Crippen molar-refractivity contribution in [2.45, 2.75) is 6.54 Å². The summed E-state index contributed by atoms with van der Waals surface area (Å²) in [6.45, 7) is 3.49. The number of benzene rings is 1. The highest BCUT2D eigenvalue weighted by Gasteiger charge is 2.16. The van der Waals surface area contributed by atoms with Gasteiger partial charge in [-0.15, -0.1) is 0 Å². The number of ether oxygens (including phenoxy) is 1. The maximum Gasteiger partial charge on any atom is 0.228 e. The lowest BCUT2D eigenvalue weighted by molar-refractivity contribution is 0.122. The second-order valence-electron chi connectivity index (χ2n) is 6.30. The highest BCUT2D eigenvalue weighted by atomic mass is 16.5. The lowest BCUT2D eigenvalue weighted by Gasteiger charge is -2.27. The number of phenols is 1. The van der Waals surface area contributed by atoms with Crippen molar-refractivity contribution < 1.29 is 9.84 Å². The van der Waals surface area contributed by atoms with E-state index >= 15 is 0 Å². The zero-order valence-electron chi connectivity index (χ0n) is 14.9. The first-order valence-corrected chi connectivity index (χ1v) is 8.92. The number of aromatic hydroxyl groups is 1. The predicted octanol–water partition coefficient (Wildman–Crippen LogP) is 2.69. The SMILES string of the molecule is Oc1cccc(-c2cc(NCc3ccncc3)nc(N3CCOCC3)n2)c1. The van der Waals surface area contributed by atoms with E-state index in [1.165, 1.54) is 0 Å². The summed E-state index contributed by atoms with van der Waals surface area (Å²) in [5.41, 5.74) is 2.73. The monoisotopic (exact) mass is 363 g/mol. The first-order valence-electron chi connectivity index (χ1n) is 8.92. The topological polar surface area (TPSA) is 83.4 Å². The van der Waals surface area contributed by atoms with Crippen LogP contribution < -0.4 is 10.2 Å². The molecular formula is C20H21N5O2. The molecule has 4 rings (SSSR count). The largest absolute Gasteiger partial charge is 0.508 e. The van der Waals surface area contributed by atoms with E-state index in [9.17, 15) is 5.11 Å². The molecule has 0 radical (unpaired) electrons. The number of phenolic OH excluding ortho intramolecular Hbond substituents is 1. The second-order valence-corrected chi connectivity index (χ2v) is 6.30. The lowest BCUT2D eigenvalue weighted by Crippen LogP contribution is -2.37. The molecule has 1 aliphatic heterocycles. The smallest absolute Gasteiger partial charge is 0.228 e. The Morgan fingerprint density at radius 2 is 1.85 bits per heavy atom. The molecule has 138 valence electrons. The molecule has 2 N–H and O–H groups in total.